The topological polar surface area (TPSA) is 78.9 Å². The Labute approximate surface area is 202 Å². The molecule has 1 aliphatic rings. The molecule has 4 rings (SSSR count). The molecule has 1 aliphatic heterocycles. The van der Waals surface area contributed by atoms with Gasteiger partial charge in [0.1, 0.15) is 10.8 Å². The summed E-state index contributed by atoms with van der Waals surface area (Å²) in [6, 6.07) is 11.9. The normalized spacial score (nSPS) is 15.9. The molecule has 0 spiro atoms. The molecule has 1 fully saturated rings. The number of nitrogens with one attached hydrogen (secondary N) is 2. The standard InChI is InChI=1S/C22H24ClN7S2/c1-15-7-4-5-12-30(15)18-13-19(32-22-24-10-6-11-25-22)28-20(27-18)29-21(31)26-14-16-8-2-3-9-17(16)23/h2-3,6,8-11,13,15H,4-5,7,12,14H2,1H3,(H2,26,27,28,29,31)/t15-/m0/s1. The first kappa shape index (κ1) is 22.7. The zero-order valence-electron chi connectivity index (χ0n) is 17.7. The number of piperidine rings is 1. The second-order valence-corrected chi connectivity index (χ2v) is 9.26. The van der Waals surface area contributed by atoms with Crippen LogP contribution < -0.4 is 15.5 Å². The summed E-state index contributed by atoms with van der Waals surface area (Å²) in [6.07, 6.45) is 6.98. The van der Waals surface area contributed by atoms with E-state index in [0.717, 1.165) is 35.8 Å². The summed E-state index contributed by atoms with van der Waals surface area (Å²) >= 11 is 13.1. The number of nitrogens with zero attached hydrogens (tertiary/aromatic N) is 5. The quantitative estimate of drug-likeness (QED) is 0.287. The lowest BCUT2D eigenvalue weighted by Crippen LogP contribution is -2.38. The fourth-order valence-corrected chi connectivity index (χ4v) is 4.58. The van der Waals surface area contributed by atoms with E-state index >= 15 is 0 Å². The molecule has 166 valence electrons. The van der Waals surface area contributed by atoms with E-state index in [-0.39, 0.29) is 0 Å². The van der Waals surface area contributed by atoms with Gasteiger partial charge in [0.2, 0.25) is 5.95 Å². The van der Waals surface area contributed by atoms with Crippen LogP contribution in [-0.4, -0.2) is 37.6 Å². The van der Waals surface area contributed by atoms with E-state index in [1.807, 2.05) is 30.3 Å². The molecular weight excluding hydrogens is 462 g/mol. The Morgan fingerprint density at radius 2 is 2.00 bits per heavy atom. The molecule has 0 aliphatic carbocycles. The van der Waals surface area contributed by atoms with Crippen LogP contribution in [0.4, 0.5) is 11.8 Å². The van der Waals surface area contributed by atoms with Gasteiger partial charge in [-0.25, -0.2) is 15.0 Å². The van der Waals surface area contributed by atoms with Gasteiger partial charge in [0, 0.05) is 42.6 Å². The molecule has 0 saturated carbocycles. The van der Waals surface area contributed by atoms with Crippen molar-refractivity contribution in [3.05, 3.63) is 59.4 Å². The van der Waals surface area contributed by atoms with Crippen molar-refractivity contribution in [2.24, 2.45) is 0 Å². The number of hydrogen-bond acceptors (Lipinski definition) is 7. The molecule has 3 aromatic rings. The SMILES string of the molecule is C[C@H]1CCCCN1c1cc(Sc2ncccn2)nc(NC(=S)NCc2ccccc2Cl)n1. The van der Waals surface area contributed by atoms with Gasteiger partial charge in [-0.1, -0.05) is 29.8 Å². The molecule has 0 radical (unpaired) electrons. The third-order valence-corrected chi connectivity index (χ3v) is 6.57. The largest absolute Gasteiger partial charge is 0.358 e. The highest BCUT2D eigenvalue weighted by Gasteiger charge is 2.21. The molecule has 1 aromatic carbocycles. The predicted molar refractivity (Wildman–Crippen MR) is 133 cm³/mol. The summed E-state index contributed by atoms with van der Waals surface area (Å²) in [5.41, 5.74) is 0.965. The highest BCUT2D eigenvalue weighted by atomic mass is 35.5. The Hall–Kier alpha value is -2.49. The summed E-state index contributed by atoms with van der Waals surface area (Å²) < 4.78 is 0. The third kappa shape index (κ3) is 6.05. The van der Waals surface area contributed by atoms with Crippen LogP contribution in [0.2, 0.25) is 5.02 Å². The van der Waals surface area contributed by atoms with E-state index in [0.29, 0.717) is 33.8 Å². The number of halogens is 1. The van der Waals surface area contributed by atoms with Crippen LogP contribution in [-0.2, 0) is 6.54 Å². The predicted octanol–water partition coefficient (Wildman–Crippen LogP) is 4.94. The smallest absolute Gasteiger partial charge is 0.232 e. The lowest BCUT2D eigenvalue weighted by atomic mass is 10.0. The maximum Gasteiger partial charge on any atom is 0.232 e. The van der Waals surface area contributed by atoms with Gasteiger partial charge in [-0.15, -0.1) is 0 Å². The van der Waals surface area contributed by atoms with Gasteiger partial charge in [-0.3, -0.25) is 0 Å². The van der Waals surface area contributed by atoms with E-state index < -0.39 is 0 Å². The van der Waals surface area contributed by atoms with Crippen molar-refractivity contribution in [3.8, 4) is 0 Å². The van der Waals surface area contributed by atoms with E-state index in [1.165, 1.54) is 18.2 Å². The van der Waals surface area contributed by atoms with Crippen molar-refractivity contribution in [2.75, 3.05) is 16.8 Å². The molecule has 1 atom stereocenters. The molecule has 2 aromatic heterocycles. The fourth-order valence-electron chi connectivity index (χ4n) is 3.50. The van der Waals surface area contributed by atoms with Crippen molar-refractivity contribution in [1.82, 2.24) is 25.3 Å². The Morgan fingerprint density at radius 1 is 1.19 bits per heavy atom. The average molecular weight is 486 g/mol. The van der Waals surface area contributed by atoms with Crippen LogP contribution in [0.5, 0.6) is 0 Å². The van der Waals surface area contributed by atoms with Gasteiger partial charge in [0.25, 0.3) is 0 Å². The van der Waals surface area contributed by atoms with Crippen molar-refractivity contribution >= 4 is 52.5 Å². The Balaban J connectivity index is 1.52. The lowest BCUT2D eigenvalue weighted by molar-refractivity contribution is 0.480. The molecule has 2 N–H and O–H groups in total. The number of anilines is 2. The summed E-state index contributed by atoms with van der Waals surface area (Å²) in [6.45, 7) is 3.71. The molecule has 32 heavy (non-hydrogen) atoms. The van der Waals surface area contributed by atoms with Crippen molar-refractivity contribution in [1.29, 1.82) is 0 Å². The number of hydrogen-bond donors (Lipinski definition) is 2. The Morgan fingerprint density at radius 3 is 2.78 bits per heavy atom. The van der Waals surface area contributed by atoms with E-state index in [9.17, 15) is 0 Å². The molecule has 3 heterocycles. The first-order valence-corrected chi connectivity index (χ1v) is 12.1. The Kier molecular flexibility index (Phi) is 7.72. The van der Waals surface area contributed by atoms with Crippen LogP contribution in [0.15, 0.2) is 59.0 Å². The zero-order valence-corrected chi connectivity index (χ0v) is 20.1. The van der Waals surface area contributed by atoms with E-state index in [4.69, 9.17) is 28.8 Å². The second kappa shape index (κ2) is 10.9. The molecule has 10 heteroatoms. The summed E-state index contributed by atoms with van der Waals surface area (Å²) in [5, 5.41) is 8.82. The number of aromatic nitrogens is 4. The second-order valence-electron chi connectivity index (χ2n) is 7.46. The lowest BCUT2D eigenvalue weighted by Gasteiger charge is -2.34. The third-order valence-electron chi connectivity index (χ3n) is 5.15. The number of rotatable bonds is 6. The fraction of sp³-hybridized carbons (Fsp3) is 0.318. The van der Waals surface area contributed by atoms with Gasteiger partial charge < -0.3 is 15.5 Å². The van der Waals surface area contributed by atoms with E-state index in [2.05, 4.69) is 37.4 Å². The average Bonchev–Trinajstić information content (AvgIpc) is 2.79. The van der Waals surface area contributed by atoms with Crippen LogP contribution in [0, 0.1) is 0 Å². The zero-order chi connectivity index (χ0) is 22.3. The number of thiocarbonyl (C=S) groups is 1. The van der Waals surface area contributed by atoms with Crippen molar-refractivity contribution < 1.29 is 0 Å². The van der Waals surface area contributed by atoms with Crippen LogP contribution >= 0.6 is 35.6 Å². The highest BCUT2D eigenvalue weighted by Crippen LogP contribution is 2.29. The van der Waals surface area contributed by atoms with Crippen LogP contribution in [0.1, 0.15) is 31.7 Å². The number of benzene rings is 1. The highest BCUT2D eigenvalue weighted by molar-refractivity contribution is 7.99. The van der Waals surface area contributed by atoms with Crippen molar-refractivity contribution in [3.63, 3.8) is 0 Å². The summed E-state index contributed by atoms with van der Waals surface area (Å²) in [5.74, 6) is 1.32. The minimum absolute atomic E-state index is 0.419. The van der Waals surface area contributed by atoms with Gasteiger partial charge in [0.15, 0.2) is 10.3 Å². The van der Waals surface area contributed by atoms with Crippen LogP contribution in [0.25, 0.3) is 0 Å². The Bertz CT molecular complexity index is 1070. The van der Waals surface area contributed by atoms with E-state index in [1.54, 1.807) is 18.5 Å². The van der Waals surface area contributed by atoms with Crippen LogP contribution in [0.3, 0.4) is 0 Å². The monoisotopic (exact) mass is 485 g/mol. The maximum absolute atomic E-state index is 6.24. The molecular formula is C22H24ClN7S2. The molecule has 1 saturated heterocycles. The van der Waals surface area contributed by atoms with Gasteiger partial charge >= 0.3 is 0 Å². The first-order valence-electron chi connectivity index (χ1n) is 10.5. The first-order chi connectivity index (χ1) is 15.6. The minimum atomic E-state index is 0.419. The summed E-state index contributed by atoms with van der Waals surface area (Å²) in [4.78, 5) is 20.3. The summed E-state index contributed by atoms with van der Waals surface area (Å²) in [7, 11) is 0. The van der Waals surface area contributed by atoms with Gasteiger partial charge in [-0.05, 0) is 67.9 Å². The molecule has 0 bridgehead atoms. The molecule has 7 nitrogen and oxygen atoms in total. The maximum atomic E-state index is 6.24. The van der Waals surface area contributed by atoms with Gasteiger partial charge in [0.05, 0.1) is 0 Å². The van der Waals surface area contributed by atoms with Gasteiger partial charge in [-0.2, -0.15) is 4.98 Å². The van der Waals surface area contributed by atoms with Crippen molar-refractivity contribution in [2.45, 2.75) is 49.0 Å². The molecule has 0 amide bonds. The molecule has 0 unspecified atom stereocenters. The minimum Gasteiger partial charge on any atom is -0.358 e.